The summed E-state index contributed by atoms with van der Waals surface area (Å²) in [6.07, 6.45) is 5.00. The molecule has 2 fully saturated rings. The Balaban J connectivity index is 1.64. The molecule has 5 atom stereocenters. The number of hydrogen-bond acceptors (Lipinski definition) is 3. The van der Waals surface area contributed by atoms with E-state index in [1.807, 2.05) is 12.1 Å². The second-order valence-electron chi connectivity index (χ2n) is 12.0. The number of ether oxygens (including phenoxy) is 1. The number of nitrogens with zero attached hydrogens (tertiary/aromatic N) is 1. The van der Waals surface area contributed by atoms with Crippen LogP contribution in [0.4, 0.5) is 5.69 Å². The molecule has 1 saturated heterocycles. The van der Waals surface area contributed by atoms with Crippen LogP contribution in [0.5, 0.6) is 0 Å². The fourth-order valence-corrected chi connectivity index (χ4v) is 6.64. The molecular weight excluding hydrogens is 450 g/mol. The number of hydrogen-bond donors (Lipinski definition) is 0. The molecule has 2 aliphatic rings. The van der Waals surface area contributed by atoms with Gasteiger partial charge in [-0.2, -0.15) is 0 Å². The first-order valence-electron chi connectivity index (χ1n) is 12.4. The Labute approximate surface area is 207 Å². The number of methoxy groups -OCH3 is 1. The van der Waals surface area contributed by atoms with Crippen LogP contribution < -0.4 is 4.90 Å². The standard InChI is InChI=1S/C29H39NO2Si2/c1-32-29(31)22-15-13-21(14-16-22)26-24(17-19-33(2,3)4)27(26)28-25(18-20-34(5,6)7)30(28)23-11-9-8-10-12-23/h8-20,24-28H,1-7H3/b19-17+,20-18+/t24-,25-,26-,27?,28+,30?/m0/s1. The van der Waals surface area contributed by atoms with Crippen molar-refractivity contribution in [2.75, 3.05) is 12.0 Å². The van der Waals surface area contributed by atoms with Crippen LogP contribution in [0.2, 0.25) is 39.3 Å². The van der Waals surface area contributed by atoms with Crippen LogP contribution >= 0.6 is 0 Å². The molecule has 0 bridgehead atoms. The minimum absolute atomic E-state index is 0.275. The van der Waals surface area contributed by atoms with Crippen molar-refractivity contribution in [2.24, 2.45) is 11.8 Å². The van der Waals surface area contributed by atoms with Crippen molar-refractivity contribution in [1.82, 2.24) is 0 Å². The molecule has 0 aromatic heterocycles. The van der Waals surface area contributed by atoms with Crippen molar-refractivity contribution in [3.8, 4) is 0 Å². The Morgan fingerprint density at radius 1 is 0.853 bits per heavy atom. The lowest BCUT2D eigenvalue weighted by molar-refractivity contribution is 0.0600. The SMILES string of the molecule is COC(=O)c1ccc([C@@H]2C([C@H]3[C@H](/C=C/[Si](C)(C)C)N3c3ccccc3)[C@H]2/C=C/[Si](C)(C)C)cc1. The summed E-state index contributed by atoms with van der Waals surface area (Å²) in [5.41, 5.74) is 8.28. The Kier molecular flexibility index (Phi) is 6.80. The van der Waals surface area contributed by atoms with Gasteiger partial charge in [0.05, 0.1) is 40.9 Å². The first kappa shape index (κ1) is 24.7. The average molecular weight is 490 g/mol. The minimum atomic E-state index is -1.29. The number of para-hydroxylation sites is 1. The fourth-order valence-electron chi connectivity index (χ4n) is 5.07. The maximum absolute atomic E-state index is 11.9. The van der Waals surface area contributed by atoms with Gasteiger partial charge >= 0.3 is 5.97 Å². The van der Waals surface area contributed by atoms with Gasteiger partial charge in [0, 0.05) is 5.69 Å². The van der Waals surface area contributed by atoms with Crippen LogP contribution in [0.15, 0.2) is 78.1 Å². The van der Waals surface area contributed by atoms with E-state index in [9.17, 15) is 4.79 Å². The molecule has 0 radical (unpaired) electrons. The zero-order valence-corrected chi connectivity index (χ0v) is 23.7. The lowest BCUT2D eigenvalue weighted by atomic mass is 10.0. The first-order valence-corrected chi connectivity index (χ1v) is 19.6. The van der Waals surface area contributed by atoms with Gasteiger partial charge in [-0.05, 0) is 47.6 Å². The average Bonchev–Trinajstić information content (AvgIpc) is 3.68. The van der Waals surface area contributed by atoms with E-state index < -0.39 is 16.1 Å². The fraction of sp³-hybridized carbons (Fsp3) is 0.414. The zero-order chi connectivity index (χ0) is 24.7. The molecule has 1 aliphatic carbocycles. The number of esters is 1. The predicted octanol–water partition coefficient (Wildman–Crippen LogP) is 6.93. The van der Waals surface area contributed by atoms with E-state index in [0.29, 0.717) is 35.4 Å². The summed E-state index contributed by atoms with van der Waals surface area (Å²) in [7, 11) is -1.12. The molecule has 0 N–H and O–H groups in total. The van der Waals surface area contributed by atoms with Gasteiger partial charge in [0.25, 0.3) is 0 Å². The van der Waals surface area contributed by atoms with Gasteiger partial charge in [0.2, 0.25) is 0 Å². The van der Waals surface area contributed by atoms with Crippen molar-refractivity contribution >= 4 is 27.8 Å². The molecule has 1 unspecified atom stereocenters. The number of anilines is 1. The summed E-state index contributed by atoms with van der Waals surface area (Å²) < 4.78 is 4.89. The van der Waals surface area contributed by atoms with Crippen LogP contribution in [0.3, 0.4) is 0 Å². The van der Waals surface area contributed by atoms with Crippen LogP contribution in [-0.4, -0.2) is 41.3 Å². The summed E-state index contributed by atoms with van der Waals surface area (Å²) in [5.74, 6) is 1.33. The smallest absolute Gasteiger partial charge is 0.337 e. The highest BCUT2D eigenvalue weighted by molar-refractivity contribution is 6.81. The maximum Gasteiger partial charge on any atom is 0.337 e. The molecule has 0 spiro atoms. The highest BCUT2D eigenvalue weighted by Gasteiger charge is 2.64. The van der Waals surface area contributed by atoms with E-state index in [1.165, 1.54) is 18.4 Å². The molecule has 0 amide bonds. The Hall–Kier alpha value is -2.38. The van der Waals surface area contributed by atoms with Gasteiger partial charge in [0.15, 0.2) is 0 Å². The lowest BCUT2D eigenvalue weighted by Crippen LogP contribution is -2.16. The highest BCUT2D eigenvalue weighted by Crippen LogP contribution is 2.63. The van der Waals surface area contributed by atoms with E-state index in [-0.39, 0.29) is 5.97 Å². The summed E-state index contributed by atoms with van der Waals surface area (Å²) >= 11 is 0. The summed E-state index contributed by atoms with van der Waals surface area (Å²) in [5, 5.41) is 0. The summed E-state index contributed by atoms with van der Waals surface area (Å²) in [6, 6.07) is 19.9. The van der Waals surface area contributed by atoms with E-state index >= 15 is 0 Å². The van der Waals surface area contributed by atoms with Gasteiger partial charge in [-0.25, -0.2) is 4.79 Å². The second kappa shape index (κ2) is 9.35. The van der Waals surface area contributed by atoms with Gasteiger partial charge in [0.1, 0.15) is 0 Å². The third-order valence-corrected chi connectivity index (χ3v) is 9.20. The van der Waals surface area contributed by atoms with Gasteiger partial charge < -0.3 is 9.64 Å². The molecule has 5 heteroatoms. The van der Waals surface area contributed by atoms with Gasteiger partial charge in [-0.1, -0.05) is 93.2 Å². The Morgan fingerprint density at radius 3 is 2.00 bits per heavy atom. The molecule has 180 valence electrons. The quantitative estimate of drug-likeness (QED) is 0.229. The Morgan fingerprint density at radius 2 is 1.44 bits per heavy atom. The zero-order valence-electron chi connectivity index (χ0n) is 21.7. The highest BCUT2D eigenvalue weighted by atomic mass is 28.3. The summed E-state index contributed by atoms with van der Waals surface area (Å²) in [6.45, 7) is 14.4. The molecule has 1 saturated carbocycles. The molecule has 4 rings (SSSR count). The molecule has 1 heterocycles. The third kappa shape index (κ3) is 5.64. The van der Waals surface area contributed by atoms with E-state index in [2.05, 4.69) is 110 Å². The monoisotopic (exact) mass is 489 g/mol. The second-order valence-corrected chi connectivity index (χ2v) is 22.1. The van der Waals surface area contributed by atoms with E-state index in [0.717, 1.165) is 0 Å². The van der Waals surface area contributed by atoms with Gasteiger partial charge in [-0.15, -0.1) is 0 Å². The van der Waals surface area contributed by atoms with Crippen LogP contribution in [0.25, 0.3) is 0 Å². The van der Waals surface area contributed by atoms with Crippen molar-refractivity contribution in [1.29, 1.82) is 0 Å². The van der Waals surface area contributed by atoms with E-state index in [4.69, 9.17) is 4.74 Å². The largest absolute Gasteiger partial charge is 0.465 e. The van der Waals surface area contributed by atoms with Crippen molar-refractivity contribution in [3.63, 3.8) is 0 Å². The maximum atomic E-state index is 11.9. The number of benzene rings is 2. The van der Waals surface area contributed by atoms with Gasteiger partial charge in [-0.3, -0.25) is 0 Å². The van der Waals surface area contributed by atoms with Crippen LogP contribution in [-0.2, 0) is 4.74 Å². The third-order valence-electron chi connectivity index (χ3n) is 6.81. The number of carbonyl (C=O) groups is 1. The number of rotatable bonds is 8. The normalized spacial score (nSPS) is 26.8. The topological polar surface area (TPSA) is 29.3 Å². The number of carbonyl (C=O) groups excluding carboxylic acids is 1. The molecule has 1 aliphatic heterocycles. The minimum Gasteiger partial charge on any atom is -0.465 e. The predicted molar refractivity (Wildman–Crippen MR) is 149 cm³/mol. The molecular formula is C29H39NO2Si2. The first-order chi connectivity index (χ1) is 16.0. The van der Waals surface area contributed by atoms with Crippen molar-refractivity contribution in [2.45, 2.75) is 57.3 Å². The molecule has 34 heavy (non-hydrogen) atoms. The van der Waals surface area contributed by atoms with Crippen molar-refractivity contribution < 1.29 is 9.53 Å². The van der Waals surface area contributed by atoms with Crippen molar-refractivity contribution in [3.05, 3.63) is 89.3 Å². The molecule has 2 aromatic rings. The van der Waals surface area contributed by atoms with E-state index in [1.54, 1.807) is 0 Å². The number of allylic oxidation sites excluding steroid dienone is 1. The van der Waals surface area contributed by atoms with Crippen LogP contribution in [0, 0.1) is 11.8 Å². The molecule has 3 nitrogen and oxygen atoms in total. The summed E-state index contributed by atoms with van der Waals surface area (Å²) in [4.78, 5) is 14.5. The van der Waals surface area contributed by atoms with Crippen LogP contribution in [0.1, 0.15) is 21.8 Å². The Bertz CT molecular complexity index is 1060. The molecule has 2 aromatic carbocycles. The lowest BCUT2D eigenvalue weighted by Gasteiger charge is -2.08.